The highest BCUT2D eigenvalue weighted by atomic mass is 32.1. The van der Waals surface area contributed by atoms with Crippen LogP contribution in [-0.2, 0) is 6.18 Å². The summed E-state index contributed by atoms with van der Waals surface area (Å²) in [4.78, 5) is 35.1. The SMILES string of the molecule is CCC(Nc1cc(C(F)(F)F)c(-c2sc(C(=O)NCC(C)(C)O)nc2C(=O)N2CCCC2C)cn1)C(F)(F)F. The molecule has 0 saturated carbocycles. The van der Waals surface area contributed by atoms with Crippen LogP contribution in [-0.4, -0.2) is 68.7 Å². The van der Waals surface area contributed by atoms with Crippen LogP contribution in [0.3, 0.4) is 0 Å². The van der Waals surface area contributed by atoms with Crippen molar-refractivity contribution in [3.05, 3.63) is 28.5 Å². The van der Waals surface area contributed by atoms with Crippen molar-refractivity contribution in [3.63, 3.8) is 0 Å². The summed E-state index contributed by atoms with van der Waals surface area (Å²) in [5.41, 5.74) is -3.62. The molecule has 3 heterocycles. The zero-order chi connectivity index (χ0) is 29.3. The fourth-order valence-corrected chi connectivity index (χ4v) is 5.03. The first-order valence-electron chi connectivity index (χ1n) is 12.2. The summed E-state index contributed by atoms with van der Waals surface area (Å²) in [6, 6.07) is -1.88. The quantitative estimate of drug-likeness (QED) is 0.375. The smallest absolute Gasteiger partial charge is 0.389 e. The number of carbonyl (C=O) groups is 2. The van der Waals surface area contributed by atoms with E-state index in [4.69, 9.17) is 0 Å². The van der Waals surface area contributed by atoms with Gasteiger partial charge in [-0.1, -0.05) is 6.92 Å². The third-order valence-electron chi connectivity index (χ3n) is 6.10. The number of hydrogen-bond acceptors (Lipinski definition) is 7. The van der Waals surface area contributed by atoms with Gasteiger partial charge in [0.15, 0.2) is 5.01 Å². The highest BCUT2D eigenvalue weighted by Gasteiger charge is 2.41. The summed E-state index contributed by atoms with van der Waals surface area (Å²) < 4.78 is 82.2. The number of pyridine rings is 1. The second-order valence-electron chi connectivity index (χ2n) is 9.94. The molecule has 0 aromatic carbocycles. The molecule has 2 unspecified atom stereocenters. The lowest BCUT2D eigenvalue weighted by Crippen LogP contribution is -2.38. The van der Waals surface area contributed by atoms with E-state index in [2.05, 4.69) is 15.3 Å². The number of aromatic nitrogens is 2. The number of thiazole rings is 1. The van der Waals surface area contributed by atoms with Crippen molar-refractivity contribution in [1.82, 2.24) is 20.2 Å². The maximum atomic E-state index is 14.2. The molecule has 0 spiro atoms. The molecule has 1 saturated heterocycles. The van der Waals surface area contributed by atoms with E-state index in [1.807, 2.05) is 5.32 Å². The van der Waals surface area contributed by atoms with E-state index >= 15 is 0 Å². The van der Waals surface area contributed by atoms with Gasteiger partial charge in [-0.25, -0.2) is 9.97 Å². The van der Waals surface area contributed by atoms with Gasteiger partial charge < -0.3 is 20.6 Å². The van der Waals surface area contributed by atoms with Crippen molar-refractivity contribution >= 4 is 29.0 Å². The molecular weight excluding hydrogens is 552 g/mol. The van der Waals surface area contributed by atoms with Crippen molar-refractivity contribution in [2.24, 2.45) is 0 Å². The van der Waals surface area contributed by atoms with E-state index in [0.29, 0.717) is 36.8 Å². The normalized spacial score (nSPS) is 17.3. The molecule has 3 N–H and O–H groups in total. The standard InChI is InChI=1S/C24H29F6N5O3S/c1-5-15(24(28,29)30)33-16-9-14(23(25,26)27)13(10-31-16)18-17(21(37)35-8-6-7-12(35)2)34-20(39-18)19(36)32-11-22(3,4)38/h9-10,12,15,38H,5-8,11H2,1-4H3,(H,31,33)(H,32,36). The van der Waals surface area contributed by atoms with Crippen molar-refractivity contribution in [3.8, 4) is 10.4 Å². The van der Waals surface area contributed by atoms with Crippen molar-refractivity contribution < 1.29 is 41.0 Å². The lowest BCUT2D eigenvalue weighted by molar-refractivity contribution is -0.142. The van der Waals surface area contributed by atoms with E-state index in [1.165, 1.54) is 25.7 Å². The number of nitrogens with zero attached hydrogens (tertiary/aromatic N) is 3. The molecule has 15 heteroatoms. The van der Waals surface area contributed by atoms with Gasteiger partial charge in [-0.05, 0) is 46.1 Å². The first-order chi connectivity index (χ1) is 17.9. The molecular formula is C24H29F6N5O3S. The summed E-state index contributed by atoms with van der Waals surface area (Å²) in [7, 11) is 0. The second-order valence-corrected chi connectivity index (χ2v) is 10.9. The Morgan fingerprint density at radius 3 is 2.41 bits per heavy atom. The Bertz CT molecular complexity index is 1210. The van der Waals surface area contributed by atoms with E-state index in [9.17, 15) is 41.0 Å². The zero-order valence-electron chi connectivity index (χ0n) is 21.6. The first-order valence-corrected chi connectivity index (χ1v) is 13.0. The third kappa shape index (κ3) is 7.38. The molecule has 1 aliphatic heterocycles. The molecule has 8 nitrogen and oxygen atoms in total. The summed E-state index contributed by atoms with van der Waals surface area (Å²) in [5, 5.41) is 14.0. The largest absolute Gasteiger partial charge is 0.417 e. The lowest BCUT2D eigenvalue weighted by Gasteiger charge is -2.22. The van der Waals surface area contributed by atoms with E-state index < -0.39 is 64.9 Å². The molecule has 1 aliphatic rings. The third-order valence-corrected chi connectivity index (χ3v) is 7.19. The molecule has 2 aromatic heterocycles. The van der Waals surface area contributed by atoms with Gasteiger partial charge in [-0.3, -0.25) is 9.59 Å². The first kappa shape index (κ1) is 30.6. The Kier molecular flexibility index (Phi) is 8.85. The molecule has 0 radical (unpaired) electrons. The molecule has 2 amide bonds. The Labute approximate surface area is 224 Å². The van der Waals surface area contributed by atoms with Crippen molar-refractivity contribution in [2.45, 2.75) is 77.0 Å². The van der Waals surface area contributed by atoms with Crippen LogP contribution >= 0.6 is 11.3 Å². The predicted molar refractivity (Wildman–Crippen MR) is 132 cm³/mol. The van der Waals surface area contributed by atoms with E-state index in [0.717, 1.165) is 6.20 Å². The van der Waals surface area contributed by atoms with Crippen LogP contribution in [0.4, 0.5) is 32.2 Å². The number of rotatable bonds is 8. The topological polar surface area (TPSA) is 107 Å². The lowest BCUT2D eigenvalue weighted by atomic mass is 10.1. The van der Waals surface area contributed by atoms with Crippen LogP contribution < -0.4 is 10.6 Å². The molecule has 3 rings (SSSR count). The number of alkyl halides is 6. The van der Waals surface area contributed by atoms with Crippen LogP contribution in [0.2, 0.25) is 0 Å². The van der Waals surface area contributed by atoms with Gasteiger partial charge in [0.2, 0.25) is 0 Å². The fraction of sp³-hybridized carbons (Fsp3) is 0.583. The van der Waals surface area contributed by atoms with Gasteiger partial charge >= 0.3 is 12.4 Å². The van der Waals surface area contributed by atoms with Crippen LogP contribution in [0.1, 0.15) is 72.8 Å². The van der Waals surface area contributed by atoms with Crippen molar-refractivity contribution in [1.29, 1.82) is 0 Å². The highest BCUT2D eigenvalue weighted by molar-refractivity contribution is 7.17. The van der Waals surface area contributed by atoms with Gasteiger partial charge in [0, 0.05) is 30.9 Å². The predicted octanol–water partition coefficient (Wildman–Crippen LogP) is 5.10. The fourth-order valence-electron chi connectivity index (χ4n) is 4.03. The monoisotopic (exact) mass is 581 g/mol. The summed E-state index contributed by atoms with van der Waals surface area (Å²) in [6.07, 6.45) is -8.12. The minimum Gasteiger partial charge on any atom is -0.389 e. The number of halogens is 6. The summed E-state index contributed by atoms with van der Waals surface area (Å²) in [6.45, 7) is 6.03. The number of anilines is 1. The molecule has 2 aromatic rings. The van der Waals surface area contributed by atoms with Crippen LogP contribution in [0.5, 0.6) is 0 Å². The van der Waals surface area contributed by atoms with E-state index in [1.54, 1.807) is 6.92 Å². The molecule has 0 aliphatic carbocycles. The highest BCUT2D eigenvalue weighted by Crippen LogP contribution is 2.42. The molecule has 39 heavy (non-hydrogen) atoms. The Hall–Kier alpha value is -2.94. The van der Waals surface area contributed by atoms with Crippen LogP contribution in [0.15, 0.2) is 12.3 Å². The van der Waals surface area contributed by atoms with Gasteiger partial charge in [0.1, 0.15) is 17.6 Å². The Balaban J connectivity index is 2.12. The number of amides is 2. The molecule has 0 bridgehead atoms. The van der Waals surface area contributed by atoms with Gasteiger partial charge in [0.25, 0.3) is 11.8 Å². The molecule has 216 valence electrons. The maximum absolute atomic E-state index is 14.2. The number of hydrogen-bond donors (Lipinski definition) is 3. The Morgan fingerprint density at radius 1 is 1.23 bits per heavy atom. The Morgan fingerprint density at radius 2 is 1.90 bits per heavy atom. The minimum atomic E-state index is -5.04. The van der Waals surface area contributed by atoms with Crippen LogP contribution in [0.25, 0.3) is 10.4 Å². The second kappa shape index (κ2) is 11.3. The average Bonchev–Trinajstić information content (AvgIpc) is 3.45. The summed E-state index contributed by atoms with van der Waals surface area (Å²) >= 11 is 0.526. The van der Waals surface area contributed by atoms with Crippen molar-refractivity contribution in [2.75, 3.05) is 18.4 Å². The van der Waals surface area contributed by atoms with Crippen LogP contribution in [0, 0.1) is 0 Å². The van der Waals surface area contributed by atoms with Gasteiger partial charge in [0.05, 0.1) is 16.0 Å². The molecule has 2 atom stereocenters. The maximum Gasteiger partial charge on any atom is 0.417 e. The van der Waals surface area contributed by atoms with Gasteiger partial charge in [-0.2, -0.15) is 26.3 Å². The summed E-state index contributed by atoms with van der Waals surface area (Å²) in [5.74, 6) is -2.14. The minimum absolute atomic E-state index is 0.194. The number of carbonyl (C=O) groups excluding carboxylic acids is 2. The number of aliphatic hydroxyl groups is 1. The zero-order valence-corrected chi connectivity index (χ0v) is 22.4. The average molecular weight is 582 g/mol. The number of likely N-dealkylation sites (tertiary alicyclic amines) is 1. The number of nitrogens with one attached hydrogen (secondary N) is 2. The van der Waals surface area contributed by atoms with Gasteiger partial charge in [-0.15, -0.1) is 11.3 Å². The van der Waals surface area contributed by atoms with E-state index in [-0.39, 0.29) is 22.5 Å². The molecule has 1 fully saturated rings.